The SMILES string of the molecule is Oc1cc(-n2ccnc2)ccc1-c1ccc(O[C@@H]2CCCC[C@H]2F)nn1. The molecule has 0 bridgehead atoms. The van der Waals surface area contributed by atoms with Gasteiger partial charge in [0.1, 0.15) is 18.0 Å². The molecule has 0 radical (unpaired) electrons. The molecule has 0 unspecified atom stereocenters. The Morgan fingerprint density at radius 3 is 2.69 bits per heavy atom. The second kappa shape index (κ2) is 7.11. The van der Waals surface area contributed by atoms with Crippen molar-refractivity contribution < 1.29 is 14.2 Å². The monoisotopic (exact) mass is 354 g/mol. The Balaban J connectivity index is 1.51. The van der Waals surface area contributed by atoms with Gasteiger partial charge < -0.3 is 14.4 Å². The fraction of sp³-hybridized carbons (Fsp3) is 0.316. The van der Waals surface area contributed by atoms with E-state index in [-0.39, 0.29) is 5.75 Å². The molecule has 0 aliphatic heterocycles. The number of nitrogens with zero attached hydrogens (tertiary/aromatic N) is 4. The summed E-state index contributed by atoms with van der Waals surface area (Å²) < 4.78 is 21.3. The van der Waals surface area contributed by atoms with Crippen molar-refractivity contribution >= 4 is 0 Å². The normalized spacial score (nSPS) is 20.0. The third-order valence-electron chi connectivity index (χ3n) is 4.59. The van der Waals surface area contributed by atoms with Crippen LogP contribution in [0.5, 0.6) is 11.6 Å². The number of phenols is 1. The number of benzene rings is 1. The molecule has 6 nitrogen and oxygen atoms in total. The van der Waals surface area contributed by atoms with Crippen LogP contribution in [0.3, 0.4) is 0 Å². The van der Waals surface area contributed by atoms with Crippen molar-refractivity contribution in [3.63, 3.8) is 0 Å². The van der Waals surface area contributed by atoms with Crippen LogP contribution in [0, 0.1) is 0 Å². The van der Waals surface area contributed by atoms with Crippen LogP contribution in [0.2, 0.25) is 0 Å². The number of aromatic nitrogens is 4. The maximum atomic E-state index is 13.9. The minimum absolute atomic E-state index is 0.0928. The molecule has 1 aliphatic rings. The average molecular weight is 354 g/mol. The molecule has 7 heteroatoms. The second-order valence-corrected chi connectivity index (χ2v) is 6.38. The Labute approximate surface area is 150 Å². The Hall–Kier alpha value is -2.96. The molecule has 1 saturated carbocycles. The van der Waals surface area contributed by atoms with Gasteiger partial charge in [-0.05, 0) is 37.5 Å². The molecule has 2 atom stereocenters. The number of hydrogen-bond donors (Lipinski definition) is 1. The Morgan fingerprint density at radius 2 is 2.00 bits per heavy atom. The zero-order valence-electron chi connectivity index (χ0n) is 14.1. The number of ether oxygens (including phenoxy) is 1. The molecule has 1 fully saturated rings. The molecule has 0 saturated heterocycles. The highest BCUT2D eigenvalue weighted by atomic mass is 19.1. The third kappa shape index (κ3) is 3.37. The second-order valence-electron chi connectivity index (χ2n) is 6.38. The largest absolute Gasteiger partial charge is 0.507 e. The summed E-state index contributed by atoms with van der Waals surface area (Å²) in [5.41, 5.74) is 1.88. The van der Waals surface area contributed by atoms with Gasteiger partial charge in [-0.15, -0.1) is 10.2 Å². The number of hydrogen-bond acceptors (Lipinski definition) is 5. The lowest BCUT2D eigenvalue weighted by Gasteiger charge is -2.25. The molecule has 2 aromatic heterocycles. The summed E-state index contributed by atoms with van der Waals surface area (Å²) in [6.45, 7) is 0. The molecular weight excluding hydrogens is 335 g/mol. The van der Waals surface area contributed by atoms with Crippen molar-refractivity contribution in [3.05, 3.63) is 49.1 Å². The van der Waals surface area contributed by atoms with Gasteiger partial charge in [-0.25, -0.2) is 9.37 Å². The van der Waals surface area contributed by atoms with Crippen molar-refractivity contribution in [3.8, 4) is 28.6 Å². The summed E-state index contributed by atoms with van der Waals surface area (Å²) in [6, 6.07) is 8.64. The van der Waals surface area contributed by atoms with Gasteiger partial charge in [-0.2, -0.15) is 0 Å². The van der Waals surface area contributed by atoms with Gasteiger partial charge >= 0.3 is 0 Å². The summed E-state index contributed by atoms with van der Waals surface area (Å²) in [4.78, 5) is 3.99. The standard InChI is InChI=1S/C19H19FN4O2/c20-15-3-1-2-4-18(15)26-19-8-7-16(22-23-19)14-6-5-13(11-17(14)25)24-10-9-21-12-24/h5-12,15,18,25H,1-4H2/t15-,18-/m1/s1. The third-order valence-corrected chi connectivity index (χ3v) is 4.59. The predicted molar refractivity (Wildman–Crippen MR) is 94.0 cm³/mol. The molecule has 134 valence electrons. The zero-order valence-corrected chi connectivity index (χ0v) is 14.1. The Morgan fingerprint density at radius 1 is 1.12 bits per heavy atom. The van der Waals surface area contributed by atoms with Crippen molar-refractivity contribution in [2.75, 3.05) is 0 Å². The molecule has 4 rings (SSSR count). The molecule has 1 aromatic carbocycles. The number of alkyl halides is 1. The van der Waals surface area contributed by atoms with E-state index in [0.717, 1.165) is 18.5 Å². The fourth-order valence-corrected chi connectivity index (χ4v) is 3.18. The first-order valence-corrected chi connectivity index (χ1v) is 8.67. The molecular formula is C19H19FN4O2. The number of halogens is 1. The smallest absolute Gasteiger partial charge is 0.233 e. The molecule has 0 spiro atoms. The van der Waals surface area contributed by atoms with E-state index in [2.05, 4.69) is 15.2 Å². The number of rotatable bonds is 4. The number of aromatic hydroxyl groups is 1. The van der Waals surface area contributed by atoms with E-state index in [4.69, 9.17) is 4.74 Å². The van der Waals surface area contributed by atoms with E-state index in [9.17, 15) is 9.50 Å². The first-order valence-electron chi connectivity index (χ1n) is 8.67. The van der Waals surface area contributed by atoms with E-state index in [1.807, 2.05) is 6.07 Å². The van der Waals surface area contributed by atoms with E-state index >= 15 is 0 Å². The van der Waals surface area contributed by atoms with Crippen LogP contribution >= 0.6 is 0 Å². The quantitative estimate of drug-likeness (QED) is 0.773. The molecule has 0 amide bonds. The van der Waals surface area contributed by atoms with Gasteiger partial charge in [0.25, 0.3) is 0 Å². The summed E-state index contributed by atoms with van der Waals surface area (Å²) in [5.74, 6) is 0.396. The van der Waals surface area contributed by atoms with Crippen LogP contribution in [0.25, 0.3) is 16.9 Å². The highest BCUT2D eigenvalue weighted by Crippen LogP contribution is 2.30. The fourth-order valence-electron chi connectivity index (χ4n) is 3.18. The van der Waals surface area contributed by atoms with Crippen molar-refractivity contribution in [1.29, 1.82) is 0 Å². The van der Waals surface area contributed by atoms with Gasteiger partial charge in [0.05, 0.1) is 17.7 Å². The van der Waals surface area contributed by atoms with Crippen molar-refractivity contribution in [2.45, 2.75) is 38.0 Å². The van der Waals surface area contributed by atoms with Gasteiger partial charge in [0, 0.05) is 30.1 Å². The summed E-state index contributed by atoms with van der Waals surface area (Å²) in [7, 11) is 0. The Bertz CT molecular complexity index is 868. The van der Waals surface area contributed by atoms with Crippen molar-refractivity contribution in [1.82, 2.24) is 19.7 Å². The summed E-state index contributed by atoms with van der Waals surface area (Å²) >= 11 is 0. The maximum Gasteiger partial charge on any atom is 0.233 e. The molecule has 3 aromatic rings. The van der Waals surface area contributed by atoms with Gasteiger partial charge in [0.2, 0.25) is 5.88 Å². The highest BCUT2D eigenvalue weighted by molar-refractivity contribution is 5.68. The zero-order chi connectivity index (χ0) is 17.9. The predicted octanol–water partition coefficient (Wildman–Crippen LogP) is 3.69. The highest BCUT2D eigenvalue weighted by Gasteiger charge is 2.26. The first kappa shape index (κ1) is 16.5. The molecule has 2 heterocycles. The van der Waals surface area contributed by atoms with E-state index in [1.165, 1.54) is 0 Å². The lowest BCUT2D eigenvalue weighted by atomic mass is 9.96. The number of phenolic OH excluding ortho intramolecular Hbond substituents is 1. The summed E-state index contributed by atoms with van der Waals surface area (Å²) in [6.07, 6.45) is 6.82. The lowest BCUT2D eigenvalue weighted by Crippen LogP contribution is -2.32. The number of imidazole rings is 1. The topological polar surface area (TPSA) is 73.1 Å². The van der Waals surface area contributed by atoms with E-state index < -0.39 is 12.3 Å². The van der Waals surface area contributed by atoms with Gasteiger partial charge in [0.15, 0.2) is 0 Å². The van der Waals surface area contributed by atoms with Gasteiger partial charge in [-0.3, -0.25) is 0 Å². The van der Waals surface area contributed by atoms with Crippen LogP contribution < -0.4 is 4.74 Å². The van der Waals surface area contributed by atoms with E-state index in [0.29, 0.717) is 30.0 Å². The first-order chi connectivity index (χ1) is 12.7. The van der Waals surface area contributed by atoms with E-state index in [1.54, 1.807) is 47.6 Å². The van der Waals surface area contributed by atoms with Crippen LogP contribution in [0.4, 0.5) is 4.39 Å². The van der Waals surface area contributed by atoms with Crippen LogP contribution in [-0.2, 0) is 0 Å². The Kier molecular flexibility index (Phi) is 4.51. The molecule has 1 aliphatic carbocycles. The van der Waals surface area contributed by atoms with Gasteiger partial charge in [-0.1, -0.05) is 6.42 Å². The van der Waals surface area contributed by atoms with Crippen LogP contribution in [-0.4, -0.2) is 37.1 Å². The van der Waals surface area contributed by atoms with Crippen molar-refractivity contribution in [2.24, 2.45) is 0 Å². The minimum Gasteiger partial charge on any atom is -0.507 e. The molecule has 26 heavy (non-hydrogen) atoms. The average Bonchev–Trinajstić information content (AvgIpc) is 3.19. The van der Waals surface area contributed by atoms with Crippen LogP contribution in [0.15, 0.2) is 49.1 Å². The minimum atomic E-state index is -0.954. The lowest BCUT2D eigenvalue weighted by molar-refractivity contribution is 0.0594. The molecule has 1 N–H and O–H groups in total. The summed E-state index contributed by atoms with van der Waals surface area (Å²) in [5, 5.41) is 18.5. The maximum absolute atomic E-state index is 13.9. The van der Waals surface area contributed by atoms with Crippen LogP contribution in [0.1, 0.15) is 25.7 Å².